The second-order valence-electron chi connectivity index (χ2n) is 14.7. The average molecular weight is 955 g/mol. The number of aliphatic hydroxyl groups excluding tert-OH is 1. The molecule has 6 unspecified atom stereocenters. The summed E-state index contributed by atoms with van der Waals surface area (Å²) in [5.74, 6) is -6.92. The maximum absolute atomic E-state index is 10.4. The summed E-state index contributed by atoms with van der Waals surface area (Å²) in [6.07, 6.45) is 7.17. The maximum Gasteiger partial charge on any atom is 0.322 e. The second-order valence-corrected chi connectivity index (χ2v) is 14.7. The molecule has 66 heavy (non-hydrogen) atoms. The van der Waals surface area contributed by atoms with Crippen LogP contribution in [0.2, 0.25) is 0 Å². The number of hydrogen-bond acceptors (Lipinski definition) is 18. The van der Waals surface area contributed by atoms with E-state index in [4.69, 9.17) is 92.5 Å². The summed E-state index contributed by atoms with van der Waals surface area (Å²) in [4.78, 5) is 80.7. The fraction of sp³-hybridized carbons (Fsp3) is 0.650. The number of primary amides is 1. The number of carbonyl (C=O) groups is 8. The van der Waals surface area contributed by atoms with Gasteiger partial charge in [0.25, 0.3) is 0 Å². The molecule has 1 fully saturated rings. The number of nitrogens with two attached hydrogens (primary N) is 9. The van der Waals surface area contributed by atoms with Crippen LogP contribution in [0.1, 0.15) is 90.0 Å². The molecule has 0 aromatic heterocycles. The summed E-state index contributed by atoms with van der Waals surface area (Å²) in [5.41, 5.74) is 46.9. The molecule has 1 aromatic rings. The van der Waals surface area contributed by atoms with Gasteiger partial charge in [-0.25, -0.2) is 0 Å². The van der Waals surface area contributed by atoms with Crippen molar-refractivity contribution < 1.29 is 79.2 Å². The molecule has 1 heterocycles. The number of amides is 1. The van der Waals surface area contributed by atoms with Crippen molar-refractivity contribution in [2.45, 2.75) is 133 Å². The Labute approximate surface area is 384 Å². The predicted molar refractivity (Wildman–Crippen MR) is 243 cm³/mol. The topological polar surface area (TPSA) is 545 Å². The van der Waals surface area contributed by atoms with Gasteiger partial charge in [0.05, 0.1) is 6.61 Å². The summed E-state index contributed by atoms with van der Waals surface area (Å²) in [5, 5.41) is 68.8. The molecule has 2 rings (SSSR count). The van der Waals surface area contributed by atoms with Gasteiger partial charge in [0.1, 0.15) is 42.3 Å². The lowest BCUT2D eigenvalue weighted by Gasteiger charge is -2.07. The van der Waals surface area contributed by atoms with Gasteiger partial charge < -0.3 is 97.8 Å². The zero-order valence-corrected chi connectivity index (χ0v) is 37.9. The standard InChI is InChI=1S/C9H11NO2.2C6H14N2O2.C6H13NO2.C5H10N2O3.C5H9NO2.C3H7NO3/c10-8(9(11)12)6-7-4-2-1-3-5-7;2*7-4-2-1-3-5(8)6(9)10;1-4(2)3-5(7)6(8)9;6-3(5(9)10)1-2-4(7)8;7-5(8)4-2-1-3-6-4;4-2(1-5)3(6)7/h1-5,8H,6,10H2,(H,11,12);2*5H,1-4,7-8H2,(H,9,10);4-5H,3,7H2,1-2H3,(H,8,9);3H,1-2,6H2,(H2,7,8)(H,9,10);4,6H,1-3H2,(H,7,8);2,5H,1,4H2,(H,6,7)/t;;;;;4-;/m.....0./s1. The summed E-state index contributed by atoms with van der Waals surface area (Å²) < 4.78 is 0. The normalized spacial score (nSPS) is 14.8. The molecule has 0 spiro atoms. The third-order valence-corrected chi connectivity index (χ3v) is 8.12. The highest BCUT2D eigenvalue weighted by atomic mass is 16.4. The summed E-state index contributed by atoms with van der Waals surface area (Å²) in [6, 6.07) is 4.05. The Hall–Kier alpha value is -5.42. The minimum Gasteiger partial charge on any atom is -0.480 e. The van der Waals surface area contributed by atoms with E-state index in [1.807, 2.05) is 44.2 Å². The maximum atomic E-state index is 10.4. The molecule has 26 nitrogen and oxygen atoms in total. The molecule has 1 amide bonds. The molecule has 26 heteroatoms. The molecule has 1 aliphatic rings. The zero-order valence-electron chi connectivity index (χ0n) is 37.9. The van der Waals surface area contributed by atoms with Crippen molar-refractivity contribution in [2.24, 2.45) is 57.5 Å². The molecule has 0 radical (unpaired) electrons. The number of unbranched alkanes of at least 4 members (excludes halogenated alkanes) is 2. The molecular formula is C40H78N10O16. The predicted octanol–water partition coefficient (Wildman–Crippen LogP) is -2.98. The van der Waals surface area contributed by atoms with Gasteiger partial charge in [-0.3, -0.25) is 38.4 Å². The first-order valence-corrected chi connectivity index (χ1v) is 20.8. The lowest BCUT2D eigenvalue weighted by atomic mass is 10.1. The monoisotopic (exact) mass is 955 g/mol. The Morgan fingerprint density at radius 2 is 0.985 bits per heavy atom. The molecule has 1 aliphatic heterocycles. The Balaban J connectivity index is -0.000000220. The SMILES string of the molecule is CC(C)CC(N)C(=O)O.NC(=O)CCC(N)C(=O)O.NC(CO)C(=O)O.NC(Cc1ccccc1)C(=O)O.NCCCCC(N)C(=O)O.NCCCCC(N)C(=O)O.O=C(O)[C@@H]1CCCN1. The Kier molecular flexibility index (Phi) is 47.2. The first-order valence-electron chi connectivity index (χ1n) is 20.8. The lowest BCUT2D eigenvalue weighted by molar-refractivity contribution is -0.140. The molecule has 0 saturated carbocycles. The molecule has 0 bridgehead atoms. The van der Waals surface area contributed by atoms with Gasteiger partial charge in [-0.05, 0) is 88.9 Å². The van der Waals surface area contributed by atoms with E-state index in [2.05, 4.69) is 5.32 Å². The van der Waals surface area contributed by atoms with Crippen molar-refractivity contribution in [1.82, 2.24) is 5.32 Å². The van der Waals surface area contributed by atoms with E-state index < -0.39 is 90.6 Å². The molecule has 0 aliphatic carbocycles. The zero-order chi connectivity index (χ0) is 52.4. The van der Waals surface area contributed by atoms with Gasteiger partial charge in [0.2, 0.25) is 5.91 Å². The van der Waals surface area contributed by atoms with Gasteiger partial charge in [0, 0.05) is 6.42 Å². The van der Waals surface area contributed by atoms with Crippen LogP contribution in [-0.4, -0.2) is 157 Å². The van der Waals surface area contributed by atoms with Crippen molar-refractivity contribution in [3.8, 4) is 0 Å². The minimum atomic E-state index is -1.18. The van der Waals surface area contributed by atoms with Crippen LogP contribution in [0.25, 0.3) is 0 Å². The summed E-state index contributed by atoms with van der Waals surface area (Å²) in [6.45, 7) is 5.45. The minimum absolute atomic E-state index is 0.0213. The van der Waals surface area contributed by atoms with Crippen LogP contribution >= 0.6 is 0 Å². The van der Waals surface area contributed by atoms with Gasteiger partial charge in [-0.2, -0.15) is 0 Å². The number of rotatable bonds is 23. The van der Waals surface area contributed by atoms with Crippen molar-refractivity contribution in [1.29, 1.82) is 0 Å². The van der Waals surface area contributed by atoms with E-state index in [9.17, 15) is 38.4 Å². The Bertz CT molecular complexity index is 1450. The van der Waals surface area contributed by atoms with Crippen molar-refractivity contribution >= 4 is 47.7 Å². The highest BCUT2D eigenvalue weighted by Gasteiger charge is 2.20. The van der Waals surface area contributed by atoms with Crippen LogP contribution in [-0.2, 0) is 44.8 Å². The fourth-order valence-electron chi connectivity index (χ4n) is 4.22. The van der Waals surface area contributed by atoms with Crippen LogP contribution in [0.3, 0.4) is 0 Å². The van der Waals surface area contributed by atoms with Crippen LogP contribution in [0, 0.1) is 5.92 Å². The molecular weight excluding hydrogens is 876 g/mol. The van der Waals surface area contributed by atoms with Crippen LogP contribution in [0.15, 0.2) is 30.3 Å². The van der Waals surface area contributed by atoms with E-state index in [1.165, 1.54) is 0 Å². The number of nitrogens with one attached hydrogen (secondary N) is 1. The van der Waals surface area contributed by atoms with Crippen molar-refractivity contribution in [3.05, 3.63) is 35.9 Å². The van der Waals surface area contributed by atoms with Crippen LogP contribution in [0.5, 0.6) is 0 Å². The largest absolute Gasteiger partial charge is 0.480 e. The van der Waals surface area contributed by atoms with Crippen LogP contribution in [0.4, 0.5) is 0 Å². The Morgan fingerprint density at radius 1 is 0.591 bits per heavy atom. The van der Waals surface area contributed by atoms with E-state index in [-0.39, 0.29) is 18.9 Å². The molecule has 1 saturated heterocycles. The van der Waals surface area contributed by atoms with E-state index in [0.717, 1.165) is 50.6 Å². The third-order valence-electron chi connectivity index (χ3n) is 8.12. The summed E-state index contributed by atoms with van der Waals surface area (Å²) in [7, 11) is 0. The van der Waals surface area contributed by atoms with E-state index in [0.29, 0.717) is 44.7 Å². The van der Waals surface area contributed by atoms with Gasteiger partial charge >= 0.3 is 41.8 Å². The van der Waals surface area contributed by atoms with Crippen molar-refractivity contribution in [3.63, 3.8) is 0 Å². The fourth-order valence-corrected chi connectivity index (χ4v) is 4.22. The number of aliphatic carboxylic acids is 7. The highest BCUT2D eigenvalue weighted by Crippen LogP contribution is 2.04. The quantitative estimate of drug-likeness (QED) is 0.0487. The van der Waals surface area contributed by atoms with E-state index in [1.54, 1.807) is 0 Å². The first-order chi connectivity index (χ1) is 30.6. The molecule has 1 aromatic carbocycles. The first kappa shape index (κ1) is 69.6. The number of hydrogen-bond donors (Lipinski definition) is 18. The lowest BCUT2D eigenvalue weighted by Crippen LogP contribution is -2.33. The molecule has 384 valence electrons. The Morgan fingerprint density at radius 3 is 1.23 bits per heavy atom. The summed E-state index contributed by atoms with van der Waals surface area (Å²) >= 11 is 0. The smallest absolute Gasteiger partial charge is 0.322 e. The number of carboxylic acid groups (broad SMARTS) is 7. The second kappa shape index (κ2) is 44.8. The van der Waals surface area contributed by atoms with Gasteiger partial charge in [-0.1, -0.05) is 57.0 Å². The highest BCUT2D eigenvalue weighted by molar-refractivity contribution is 5.77. The van der Waals surface area contributed by atoms with Gasteiger partial charge in [0.15, 0.2) is 0 Å². The number of carbonyl (C=O) groups excluding carboxylic acids is 1. The average Bonchev–Trinajstić information content (AvgIpc) is 3.80. The number of aliphatic hydroxyl groups is 1. The number of carboxylic acids is 7. The molecule has 7 atom stereocenters. The van der Waals surface area contributed by atoms with E-state index >= 15 is 0 Å². The molecule has 27 N–H and O–H groups in total. The third kappa shape index (κ3) is 49.6. The van der Waals surface area contributed by atoms with Crippen LogP contribution < -0.4 is 56.9 Å². The van der Waals surface area contributed by atoms with Crippen molar-refractivity contribution in [2.75, 3.05) is 26.2 Å². The van der Waals surface area contributed by atoms with Gasteiger partial charge in [-0.15, -0.1) is 0 Å². The number of benzene rings is 1.